The van der Waals surface area contributed by atoms with Gasteiger partial charge < -0.3 is 15.1 Å². The first-order valence-electron chi connectivity index (χ1n) is 10.8. The van der Waals surface area contributed by atoms with E-state index in [2.05, 4.69) is 55.3 Å². The van der Waals surface area contributed by atoms with Gasteiger partial charge in [0.1, 0.15) is 5.82 Å². The van der Waals surface area contributed by atoms with Gasteiger partial charge in [0, 0.05) is 50.8 Å². The van der Waals surface area contributed by atoms with E-state index >= 15 is 0 Å². The average Bonchev–Trinajstić information content (AvgIpc) is 3.15. The summed E-state index contributed by atoms with van der Waals surface area (Å²) in [6, 6.07) is 12.2. The quantitative estimate of drug-likeness (QED) is 0.301. The van der Waals surface area contributed by atoms with Gasteiger partial charge in [-0.3, -0.25) is 0 Å². The molecule has 0 aliphatic carbocycles. The van der Waals surface area contributed by atoms with Crippen LogP contribution < -0.4 is 10.2 Å². The number of aryl methyl sites for hydroxylation is 2. The molecule has 0 spiro atoms. The van der Waals surface area contributed by atoms with Crippen LogP contribution in [0.3, 0.4) is 0 Å². The molecule has 1 N–H and O–H groups in total. The van der Waals surface area contributed by atoms with E-state index in [4.69, 9.17) is 4.99 Å². The second-order valence-corrected chi connectivity index (χ2v) is 7.70. The lowest BCUT2D eigenvalue weighted by atomic mass is 10.3. The Morgan fingerprint density at radius 2 is 1.84 bits per heavy atom. The van der Waals surface area contributed by atoms with Crippen LogP contribution in [0.5, 0.6) is 0 Å². The van der Waals surface area contributed by atoms with Gasteiger partial charge in [-0.1, -0.05) is 12.1 Å². The molecule has 9 heteroatoms. The molecule has 1 fully saturated rings. The SMILES string of the molecule is CCNC(=NCc1ccc(-n2nc(C)cc2C)nc1)N1CCN(c2ccccn2)CC1.I. The first-order valence-corrected chi connectivity index (χ1v) is 10.8. The predicted molar refractivity (Wildman–Crippen MR) is 139 cm³/mol. The fourth-order valence-electron chi connectivity index (χ4n) is 3.78. The van der Waals surface area contributed by atoms with Crippen molar-refractivity contribution < 1.29 is 0 Å². The molecule has 4 rings (SSSR count). The van der Waals surface area contributed by atoms with E-state index in [1.165, 1.54) is 0 Å². The number of nitrogens with one attached hydrogen (secondary N) is 1. The normalized spacial score (nSPS) is 14.3. The molecule has 3 aromatic heterocycles. The number of aromatic nitrogens is 4. The fraction of sp³-hybridized carbons (Fsp3) is 0.391. The summed E-state index contributed by atoms with van der Waals surface area (Å²) in [7, 11) is 0. The van der Waals surface area contributed by atoms with Crippen LogP contribution in [0.25, 0.3) is 5.82 Å². The fourth-order valence-corrected chi connectivity index (χ4v) is 3.78. The predicted octanol–water partition coefficient (Wildman–Crippen LogP) is 3.18. The Balaban J connectivity index is 0.00000289. The minimum absolute atomic E-state index is 0. The molecule has 32 heavy (non-hydrogen) atoms. The maximum absolute atomic E-state index is 4.86. The standard InChI is InChI=1S/C23H30N8.HI/c1-4-24-23(30-13-11-29(12-14-30)21-7-5-6-10-25-21)27-17-20-8-9-22(26-16-20)31-19(3)15-18(2)28-31;/h5-10,15-16H,4,11-14,17H2,1-3H3,(H,24,27);1H. The molecule has 1 aliphatic heterocycles. The van der Waals surface area contributed by atoms with Gasteiger partial charge in [-0.25, -0.2) is 19.6 Å². The molecular weight excluding hydrogens is 515 g/mol. The smallest absolute Gasteiger partial charge is 0.194 e. The summed E-state index contributed by atoms with van der Waals surface area (Å²) in [5, 5.41) is 7.93. The van der Waals surface area contributed by atoms with Crippen LogP contribution in [-0.2, 0) is 6.54 Å². The van der Waals surface area contributed by atoms with Gasteiger partial charge in [0.25, 0.3) is 0 Å². The van der Waals surface area contributed by atoms with E-state index < -0.39 is 0 Å². The maximum atomic E-state index is 4.86. The Hall–Kier alpha value is -2.69. The summed E-state index contributed by atoms with van der Waals surface area (Å²) in [4.78, 5) is 18.6. The lowest BCUT2D eigenvalue weighted by Crippen LogP contribution is -2.52. The van der Waals surface area contributed by atoms with Crippen molar-refractivity contribution in [2.24, 2.45) is 4.99 Å². The average molecular weight is 546 g/mol. The molecule has 4 heterocycles. The Labute approximate surface area is 206 Å². The highest BCUT2D eigenvalue weighted by atomic mass is 127. The molecule has 0 amide bonds. The van der Waals surface area contributed by atoms with Crippen LogP contribution in [0.15, 0.2) is 53.8 Å². The molecule has 0 bridgehead atoms. The lowest BCUT2D eigenvalue weighted by Gasteiger charge is -2.37. The summed E-state index contributed by atoms with van der Waals surface area (Å²) >= 11 is 0. The number of aliphatic imine (C=N–C) groups is 1. The van der Waals surface area contributed by atoms with E-state index in [-0.39, 0.29) is 24.0 Å². The van der Waals surface area contributed by atoms with E-state index in [1.807, 2.05) is 49.1 Å². The number of anilines is 1. The van der Waals surface area contributed by atoms with Crippen LogP contribution >= 0.6 is 24.0 Å². The Bertz CT molecular complexity index is 1010. The van der Waals surface area contributed by atoms with E-state index in [0.717, 1.165) is 67.3 Å². The van der Waals surface area contributed by atoms with Crippen LogP contribution in [0.2, 0.25) is 0 Å². The first-order chi connectivity index (χ1) is 15.1. The van der Waals surface area contributed by atoms with Gasteiger partial charge >= 0.3 is 0 Å². The molecule has 0 atom stereocenters. The van der Waals surface area contributed by atoms with Gasteiger partial charge in [0.2, 0.25) is 0 Å². The number of guanidine groups is 1. The number of pyridine rings is 2. The second-order valence-electron chi connectivity index (χ2n) is 7.70. The van der Waals surface area contributed by atoms with Crippen LogP contribution in [-0.4, -0.2) is 63.3 Å². The van der Waals surface area contributed by atoms with Gasteiger partial charge in [-0.2, -0.15) is 5.10 Å². The van der Waals surface area contributed by atoms with Gasteiger partial charge in [0.05, 0.1) is 12.2 Å². The Kier molecular flexibility index (Phi) is 8.43. The van der Waals surface area contributed by atoms with Crippen LogP contribution in [0.1, 0.15) is 23.9 Å². The van der Waals surface area contributed by atoms with Crippen molar-refractivity contribution in [3.8, 4) is 5.82 Å². The molecule has 170 valence electrons. The van der Waals surface area contributed by atoms with Gasteiger partial charge in [-0.05, 0) is 50.6 Å². The number of nitrogens with zero attached hydrogens (tertiary/aromatic N) is 7. The summed E-state index contributed by atoms with van der Waals surface area (Å²) in [6.07, 6.45) is 3.74. The summed E-state index contributed by atoms with van der Waals surface area (Å²) in [6.45, 7) is 11.3. The minimum Gasteiger partial charge on any atom is -0.357 e. The zero-order valence-corrected chi connectivity index (χ0v) is 21.2. The van der Waals surface area contributed by atoms with Crippen molar-refractivity contribution in [2.45, 2.75) is 27.3 Å². The topological polar surface area (TPSA) is 74.5 Å². The zero-order valence-electron chi connectivity index (χ0n) is 18.9. The summed E-state index contributed by atoms with van der Waals surface area (Å²) in [5.74, 6) is 2.82. The molecule has 3 aromatic rings. The highest BCUT2D eigenvalue weighted by molar-refractivity contribution is 14.0. The van der Waals surface area contributed by atoms with Crippen LogP contribution in [0, 0.1) is 13.8 Å². The Morgan fingerprint density at radius 1 is 1.03 bits per heavy atom. The monoisotopic (exact) mass is 546 g/mol. The van der Waals surface area contributed by atoms with Crippen molar-refractivity contribution in [3.05, 3.63) is 65.7 Å². The number of rotatable bonds is 5. The zero-order chi connectivity index (χ0) is 21.6. The minimum atomic E-state index is 0. The first kappa shape index (κ1) is 24.0. The van der Waals surface area contributed by atoms with Crippen molar-refractivity contribution in [1.29, 1.82) is 0 Å². The largest absolute Gasteiger partial charge is 0.357 e. The molecule has 0 saturated carbocycles. The Morgan fingerprint density at radius 3 is 2.44 bits per heavy atom. The molecule has 1 saturated heterocycles. The number of hydrogen-bond donors (Lipinski definition) is 1. The van der Waals surface area contributed by atoms with E-state index in [0.29, 0.717) is 6.54 Å². The second kappa shape index (κ2) is 11.3. The number of piperazine rings is 1. The van der Waals surface area contributed by atoms with Gasteiger partial charge in [0.15, 0.2) is 11.8 Å². The van der Waals surface area contributed by atoms with Crippen molar-refractivity contribution in [2.75, 3.05) is 37.6 Å². The summed E-state index contributed by atoms with van der Waals surface area (Å²) in [5.41, 5.74) is 3.15. The molecule has 8 nitrogen and oxygen atoms in total. The third-order valence-corrected chi connectivity index (χ3v) is 5.33. The van der Waals surface area contributed by atoms with Gasteiger partial charge in [-0.15, -0.1) is 24.0 Å². The molecule has 0 unspecified atom stereocenters. The molecule has 0 radical (unpaired) electrons. The third-order valence-electron chi connectivity index (χ3n) is 5.33. The molecular formula is C23H31IN8. The number of hydrogen-bond acceptors (Lipinski definition) is 5. The van der Waals surface area contributed by atoms with E-state index in [9.17, 15) is 0 Å². The van der Waals surface area contributed by atoms with E-state index in [1.54, 1.807) is 0 Å². The highest BCUT2D eigenvalue weighted by Gasteiger charge is 2.20. The number of halogens is 1. The highest BCUT2D eigenvalue weighted by Crippen LogP contribution is 2.14. The van der Waals surface area contributed by atoms with Crippen molar-refractivity contribution in [3.63, 3.8) is 0 Å². The maximum Gasteiger partial charge on any atom is 0.194 e. The summed E-state index contributed by atoms with van der Waals surface area (Å²) < 4.78 is 1.87. The van der Waals surface area contributed by atoms with Crippen LogP contribution in [0.4, 0.5) is 5.82 Å². The van der Waals surface area contributed by atoms with Crippen molar-refractivity contribution in [1.82, 2.24) is 30.0 Å². The lowest BCUT2D eigenvalue weighted by molar-refractivity contribution is 0.371. The molecule has 0 aromatic carbocycles. The molecule has 1 aliphatic rings. The third kappa shape index (κ3) is 5.76. The van der Waals surface area contributed by atoms with Crippen molar-refractivity contribution >= 4 is 35.8 Å².